The summed E-state index contributed by atoms with van der Waals surface area (Å²) in [6, 6.07) is -0.544. The van der Waals surface area contributed by atoms with E-state index < -0.39 is 12.1 Å². The van der Waals surface area contributed by atoms with Gasteiger partial charge in [0.2, 0.25) is 5.91 Å². The van der Waals surface area contributed by atoms with Gasteiger partial charge in [0, 0.05) is 12.8 Å². The van der Waals surface area contributed by atoms with Crippen LogP contribution in [0.15, 0.2) is 24.3 Å². The zero-order chi connectivity index (χ0) is 57.1. The van der Waals surface area contributed by atoms with Crippen LogP contribution in [0.5, 0.6) is 0 Å². The quantitative estimate of drug-likeness (QED) is 0.0320. The van der Waals surface area contributed by atoms with Crippen LogP contribution >= 0.6 is 0 Å². The molecule has 468 valence electrons. The fourth-order valence-corrected chi connectivity index (χ4v) is 11.5. The molecule has 0 bridgehead atoms. The summed E-state index contributed by atoms with van der Waals surface area (Å²) in [6.45, 7) is 4.99. The van der Waals surface area contributed by atoms with Gasteiger partial charge in [-0.25, -0.2) is 0 Å². The molecule has 0 aromatic heterocycles. The number of unbranched alkanes of at least 4 members (excludes halogenated alkanes) is 53. The predicted octanol–water partition coefficient (Wildman–Crippen LogP) is 23.3. The number of aliphatic hydroxyl groups is 2. The number of rotatable bonds is 68. The summed E-state index contributed by atoms with van der Waals surface area (Å²) in [5, 5.41) is 23.4. The molecular formula is C73H141NO5. The smallest absolute Gasteiger partial charge is 0.305 e. The lowest BCUT2D eigenvalue weighted by molar-refractivity contribution is -0.143. The second kappa shape index (κ2) is 68.8. The Balaban J connectivity index is 3.39. The standard InChI is InChI=1S/C73H141NO5/c1-3-5-7-9-11-13-15-17-19-21-22-31-34-37-41-45-49-53-57-61-65-71(76)70(69-75)74-72(77)66-62-58-54-50-46-42-38-35-32-29-27-25-23-24-26-28-30-33-36-40-44-48-52-56-60-64-68-79-73(78)67-63-59-55-51-47-43-39-20-18-16-14-12-10-8-6-4-2/h20,23,25,39,70-71,75-76H,3-19,21-22,24,26-38,40-69H2,1-2H3,(H,74,77)/b25-23-,39-20-. The monoisotopic (exact) mass is 1110 g/mol. The number of ether oxygens (including phenoxy) is 1. The van der Waals surface area contributed by atoms with Crippen molar-refractivity contribution in [3.05, 3.63) is 24.3 Å². The van der Waals surface area contributed by atoms with Crippen molar-refractivity contribution in [2.24, 2.45) is 0 Å². The van der Waals surface area contributed by atoms with E-state index in [1.54, 1.807) is 0 Å². The van der Waals surface area contributed by atoms with Crippen LogP contribution in [0.3, 0.4) is 0 Å². The topological polar surface area (TPSA) is 95.9 Å². The lowest BCUT2D eigenvalue weighted by atomic mass is 10.0. The minimum Gasteiger partial charge on any atom is -0.466 e. The average Bonchev–Trinajstić information content (AvgIpc) is 3.45. The highest BCUT2D eigenvalue weighted by atomic mass is 16.5. The molecule has 0 aromatic carbocycles. The molecule has 0 heterocycles. The van der Waals surface area contributed by atoms with E-state index in [-0.39, 0.29) is 18.5 Å². The van der Waals surface area contributed by atoms with Gasteiger partial charge < -0.3 is 20.3 Å². The first-order chi connectivity index (χ1) is 39.0. The van der Waals surface area contributed by atoms with Gasteiger partial charge in [-0.05, 0) is 77.0 Å². The molecule has 2 unspecified atom stereocenters. The van der Waals surface area contributed by atoms with E-state index in [1.165, 1.54) is 327 Å². The minimum absolute atomic E-state index is 0.00783. The van der Waals surface area contributed by atoms with Crippen molar-refractivity contribution in [3.8, 4) is 0 Å². The number of nitrogens with one attached hydrogen (secondary N) is 1. The van der Waals surface area contributed by atoms with Crippen molar-refractivity contribution in [1.82, 2.24) is 5.32 Å². The minimum atomic E-state index is -0.666. The number of carbonyl (C=O) groups is 2. The maximum Gasteiger partial charge on any atom is 0.305 e. The maximum atomic E-state index is 12.5. The van der Waals surface area contributed by atoms with Crippen LogP contribution in [-0.4, -0.2) is 47.4 Å². The molecular weight excluding hydrogens is 971 g/mol. The SMILES string of the molecule is CCCCCCCCC/C=C\CCCCCCCC(=O)OCCCCCCCCCCCCCC/C=C\CCCCCCCCCCCCC(=O)NC(CO)C(O)CCCCCCCCCCCCCCCCCCCCCC. The summed E-state index contributed by atoms with van der Waals surface area (Å²) < 4.78 is 5.49. The van der Waals surface area contributed by atoms with Crippen LogP contribution < -0.4 is 5.32 Å². The number of allylic oxidation sites excluding steroid dienone is 4. The van der Waals surface area contributed by atoms with E-state index in [1.807, 2.05) is 0 Å². The molecule has 0 aromatic rings. The van der Waals surface area contributed by atoms with Gasteiger partial charge in [-0.15, -0.1) is 0 Å². The molecule has 0 spiro atoms. The molecule has 0 saturated heterocycles. The lowest BCUT2D eigenvalue weighted by Crippen LogP contribution is -2.45. The van der Waals surface area contributed by atoms with Crippen molar-refractivity contribution in [2.75, 3.05) is 13.2 Å². The van der Waals surface area contributed by atoms with Gasteiger partial charge in [-0.2, -0.15) is 0 Å². The van der Waals surface area contributed by atoms with E-state index in [9.17, 15) is 19.8 Å². The van der Waals surface area contributed by atoms with Crippen LogP contribution in [0.2, 0.25) is 0 Å². The van der Waals surface area contributed by atoms with Crippen molar-refractivity contribution >= 4 is 11.9 Å². The van der Waals surface area contributed by atoms with Gasteiger partial charge in [0.25, 0.3) is 0 Å². The van der Waals surface area contributed by atoms with Crippen molar-refractivity contribution in [3.63, 3.8) is 0 Å². The van der Waals surface area contributed by atoms with E-state index in [2.05, 4.69) is 43.5 Å². The first-order valence-electron chi connectivity index (χ1n) is 36.1. The second-order valence-corrected chi connectivity index (χ2v) is 24.9. The number of hydrogen-bond acceptors (Lipinski definition) is 5. The normalized spacial score (nSPS) is 12.6. The fourth-order valence-electron chi connectivity index (χ4n) is 11.5. The summed E-state index contributed by atoms with van der Waals surface area (Å²) in [7, 11) is 0. The number of carbonyl (C=O) groups excluding carboxylic acids is 2. The van der Waals surface area contributed by atoms with Gasteiger partial charge in [0.05, 0.1) is 25.4 Å². The molecule has 0 aliphatic rings. The third-order valence-electron chi connectivity index (χ3n) is 17.0. The molecule has 79 heavy (non-hydrogen) atoms. The summed E-state index contributed by atoms with van der Waals surface area (Å²) in [4.78, 5) is 24.6. The zero-order valence-corrected chi connectivity index (χ0v) is 53.6. The highest BCUT2D eigenvalue weighted by molar-refractivity contribution is 5.76. The molecule has 6 nitrogen and oxygen atoms in total. The van der Waals surface area contributed by atoms with Gasteiger partial charge in [0.1, 0.15) is 0 Å². The Labute approximate surface area is 494 Å². The third-order valence-corrected chi connectivity index (χ3v) is 17.0. The number of hydrogen-bond donors (Lipinski definition) is 3. The lowest BCUT2D eigenvalue weighted by Gasteiger charge is -2.22. The largest absolute Gasteiger partial charge is 0.466 e. The highest BCUT2D eigenvalue weighted by Crippen LogP contribution is 2.19. The Morgan fingerprint density at radius 2 is 0.595 bits per heavy atom. The van der Waals surface area contributed by atoms with E-state index in [0.29, 0.717) is 25.9 Å². The van der Waals surface area contributed by atoms with Crippen LogP contribution in [0.1, 0.15) is 406 Å². The van der Waals surface area contributed by atoms with Gasteiger partial charge >= 0.3 is 5.97 Å². The van der Waals surface area contributed by atoms with Crippen LogP contribution in [0, 0.1) is 0 Å². The molecule has 0 saturated carbocycles. The molecule has 2 atom stereocenters. The summed E-state index contributed by atoms with van der Waals surface area (Å²) in [5.74, 6) is -0.0248. The number of esters is 1. The van der Waals surface area contributed by atoms with E-state index in [4.69, 9.17) is 4.74 Å². The van der Waals surface area contributed by atoms with Crippen LogP contribution in [-0.2, 0) is 14.3 Å². The third kappa shape index (κ3) is 65.4. The van der Waals surface area contributed by atoms with Crippen LogP contribution in [0.4, 0.5) is 0 Å². The number of amides is 1. The Morgan fingerprint density at radius 1 is 0.342 bits per heavy atom. The summed E-state index contributed by atoms with van der Waals surface area (Å²) in [5.41, 5.74) is 0. The first-order valence-corrected chi connectivity index (χ1v) is 36.1. The summed E-state index contributed by atoms with van der Waals surface area (Å²) >= 11 is 0. The molecule has 6 heteroatoms. The first kappa shape index (κ1) is 77.3. The maximum absolute atomic E-state index is 12.5. The molecule has 0 radical (unpaired) electrons. The Morgan fingerprint density at radius 3 is 0.899 bits per heavy atom. The zero-order valence-electron chi connectivity index (χ0n) is 53.6. The second-order valence-electron chi connectivity index (χ2n) is 24.9. The van der Waals surface area contributed by atoms with Crippen molar-refractivity contribution in [1.29, 1.82) is 0 Å². The van der Waals surface area contributed by atoms with E-state index in [0.717, 1.165) is 44.9 Å². The molecule has 3 N–H and O–H groups in total. The van der Waals surface area contributed by atoms with Gasteiger partial charge in [-0.1, -0.05) is 340 Å². The van der Waals surface area contributed by atoms with Crippen molar-refractivity contribution in [2.45, 2.75) is 418 Å². The Bertz CT molecular complexity index is 1230. The molecule has 1 amide bonds. The van der Waals surface area contributed by atoms with Crippen molar-refractivity contribution < 1.29 is 24.5 Å². The fraction of sp³-hybridized carbons (Fsp3) is 0.918. The summed E-state index contributed by atoms with van der Waals surface area (Å²) in [6.07, 6.45) is 86.6. The molecule has 0 fully saturated rings. The molecule has 0 aliphatic carbocycles. The molecule has 0 aliphatic heterocycles. The predicted molar refractivity (Wildman–Crippen MR) is 347 cm³/mol. The Hall–Kier alpha value is -1.66. The molecule has 0 rings (SSSR count). The Kier molecular flexibility index (Phi) is 67.4. The van der Waals surface area contributed by atoms with Crippen LogP contribution in [0.25, 0.3) is 0 Å². The van der Waals surface area contributed by atoms with Gasteiger partial charge in [-0.3, -0.25) is 9.59 Å². The average molecular weight is 1110 g/mol. The van der Waals surface area contributed by atoms with E-state index >= 15 is 0 Å². The highest BCUT2D eigenvalue weighted by Gasteiger charge is 2.20. The number of aliphatic hydroxyl groups excluding tert-OH is 2. The van der Waals surface area contributed by atoms with Gasteiger partial charge in [0.15, 0.2) is 0 Å².